The molecule has 1 aliphatic rings. The van der Waals surface area contributed by atoms with E-state index in [1.807, 2.05) is 36.4 Å². The molecule has 1 saturated heterocycles. The molecule has 2 aromatic carbocycles. The van der Waals surface area contributed by atoms with Gasteiger partial charge in [0.25, 0.3) is 0 Å². The van der Waals surface area contributed by atoms with Crippen LogP contribution in [-0.2, 0) is 27.7 Å². The fourth-order valence-electron chi connectivity index (χ4n) is 4.26. The Morgan fingerprint density at radius 3 is 2.55 bits per heavy atom. The molecule has 200 valence electrons. The van der Waals surface area contributed by atoms with E-state index in [2.05, 4.69) is 11.4 Å². The molecule has 1 fully saturated rings. The first-order valence-electron chi connectivity index (χ1n) is 12.5. The summed E-state index contributed by atoms with van der Waals surface area (Å²) in [5.74, 6) is -0.787. The number of aryl methyl sites for hydroxylation is 1. The van der Waals surface area contributed by atoms with Crippen LogP contribution < -0.4 is 11.1 Å². The van der Waals surface area contributed by atoms with Crippen molar-refractivity contribution in [2.24, 2.45) is 7.05 Å². The van der Waals surface area contributed by atoms with Crippen molar-refractivity contribution in [2.45, 2.75) is 51.4 Å². The molecule has 0 aliphatic carbocycles. The minimum absolute atomic E-state index is 0.203. The third-order valence-electron chi connectivity index (χ3n) is 6.28. The Labute approximate surface area is 220 Å². The molecule has 38 heavy (non-hydrogen) atoms. The molecular weight excluding hydrogens is 488 g/mol. The van der Waals surface area contributed by atoms with Gasteiger partial charge in [-0.25, -0.2) is 9.59 Å². The monoisotopic (exact) mass is 520 g/mol. The average Bonchev–Trinajstić information content (AvgIpc) is 3.03. The lowest BCUT2D eigenvalue weighted by Gasteiger charge is -2.26. The van der Waals surface area contributed by atoms with Gasteiger partial charge in [-0.1, -0.05) is 30.3 Å². The molecular formula is C28H32N4O6. The zero-order chi connectivity index (χ0) is 27.4. The summed E-state index contributed by atoms with van der Waals surface area (Å²) in [4.78, 5) is 38.5. The highest BCUT2D eigenvalue weighted by molar-refractivity contribution is 5.82. The van der Waals surface area contributed by atoms with Crippen molar-refractivity contribution in [3.05, 3.63) is 58.6 Å². The number of nitrogens with one attached hydrogen (secondary N) is 1. The van der Waals surface area contributed by atoms with Gasteiger partial charge >= 0.3 is 11.8 Å². The summed E-state index contributed by atoms with van der Waals surface area (Å²) < 4.78 is 17.7. The Hall–Kier alpha value is -4.10. The van der Waals surface area contributed by atoms with E-state index in [-0.39, 0.29) is 12.5 Å². The molecule has 0 radical (unpaired) electrons. The van der Waals surface area contributed by atoms with Crippen LogP contribution in [0.4, 0.5) is 4.79 Å². The third kappa shape index (κ3) is 6.42. The lowest BCUT2D eigenvalue weighted by molar-refractivity contribution is -0.132. The largest absolute Gasteiger partial charge is 0.444 e. The Morgan fingerprint density at radius 1 is 1.16 bits per heavy atom. The Morgan fingerprint density at radius 2 is 1.87 bits per heavy atom. The number of amides is 2. The molecule has 1 N–H and O–H groups in total. The van der Waals surface area contributed by atoms with Crippen LogP contribution in [-0.4, -0.2) is 58.9 Å². The second-order valence-corrected chi connectivity index (χ2v) is 10.3. The van der Waals surface area contributed by atoms with Gasteiger partial charge in [-0.15, -0.1) is 0 Å². The van der Waals surface area contributed by atoms with E-state index in [0.29, 0.717) is 37.0 Å². The number of oxazole rings is 1. The van der Waals surface area contributed by atoms with Crippen LogP contribution >= 0.6 is 0 Å². The molecule has 10 heteroatoms. The number of benzene rings is 2. The number of carbonyl (C=O) groups excluding carboxylic acids is 2. The summed E-state index contributed by atoms with van der Waals surface area (Å²) in [5, 5.41) is 12.4. The molecule has 0 saturated carbocycles. The van der Waals surface area contributed by atoms with Gasteiger partial charge in [0, 0.05) is 33.0 Å². The maximum atomic E-state index is 12.8. The number of nitriles is 1. The maximum absolute atomic E-state index is 12.8. The highest BCUT2D eigenvalue weighted by Gasteiger charge is 2.29. The minimum Gasteiger partial charge on any atom is -0.444 e. The van der Waals surface area contributed by atoms with Gasteiger partial charge in [-0.05, 0) is 49.6 Å². The number of rotatable bonds is 5. The second kappa shape index (κ2) is 11.1. The van der Waals surface area contributed by atoms with Gasteiger partial charge in [0.2, 0.25) is 5.91 Å². The van der Waals surface area contributed by atoms with Crippen LogP contribution in [0, 0.1) is 11.3 Å². The Bertz CT molecular complexity index is 1410. The molecule has 2 unspecified atom stereocenters. The molecule has 2 heterocycles. The summed E-state index contributed by atoms with van der Waals surface area (Å²) >= 11 is 0. The van der Waals surface area contributed by atoms with Crippen molar-refractivity contribution in [3.63, 3.8) is 0 Å². The smallest absolute Gasteiger partial charge is 0.419 e. The fourth-order valence-corrected chi connectivity index (χ4v) is 4.26. The van der Waals surface area contributed by atoms with Gasteiger partial charge in [-0.3, -0.25) is 9.36 Å². The number of ether oxygens (including phenoxy) is 2. The standard InChI is InChI=1S/C28H32N4O6/c1-28(2,3)38-27(35)32-12-11-24(36-14-13-32)25(33)30-21(17-29)15-18-5-7-19(8-6-18)20-9-10-23-22(16-20)31(4)26(34)37-23/h5-10,16,21,24H,11-15H2,1-4H3,(H,30,33). The van der Waals surface area contributed by atoms with E-state index < -0.39 is 29.6 Å². The van der Waals surface area contributed by atoms with Crippen LogP contribution in [0.2, 0.25) is 0 Å². The number of hydrogen-bond donors (Lipinski definition) is 1. The summed E-state index contributed by atoms with van der Waals surface area (Å²) in [6, 6.07) is 14.6. The van der Waals surface area contributed by atoms with E-state index >= 15 is 0 Å². The van der Waals surface area contributed by atoms with Crippen molar-refractivity contribution < 1.29 is 23.5 Å². The summed E-state index contributed by atoms with van der Waals surface area (Å²) in [5.41, 5.74) is 3.39. The van der Waals surface area contributed by atoms with Gasteiger partial charge in [0.15, 0.2) is 5.58 Å². The number of nitrogens with zero attached hydrogens (tertiary/aromatic N) is 3. The summed E-state index contributed by atoms with van der Waals surface area (Å²) in [7, 11) is 1.66. The van der Waals surface area contributed by atoms with E-state index in [1.165, 1.54) is 9.47 Å². The second-order valence-electron chi connectivity index (χ2n) is 10.3. The molecule has 3 aromatic rings. The van der Waals surface area contributed by atoms with Crippen LogP contribution in [0.15, 0.2) is 51.7 Å². The number of hydrogen-bond acceptors (Lipinski definition) is 7. The number of fused-ring (bicyclic) bond motifs is 1. The lowest BCUT2D eigenvalue weighted by Crippen LogP contribution is -2.43. The van der Waals surface area contributed by atoms with Crippen LogP contribution in [0.3, 0.4) is 0 Å². The minimum atomic E-state index is -0.755. The first-order chi connectivity index (χ1) is 18.0. The van der Waals surface area contributed by atoms with Gasteiger partial charge < -0.3 is 24.1 Å². The first kappa shape index (κ1) is 26.9. The van der Waals surface area contributed by atoms with Crippen LogP contribution in [0.25, 0.3) is 22.2 Å². The lowest BCUT2D eigenvalue weighted by atomic mass is 10.0. The highest BCUT2D eigenvalue weighted by Crippen LogP contribution is 2.24. The predicted molar refractivity (Wildman–Crippen MR) is 140 cm³/mol. The fraction of sp³-hybridized carbons (Fsp3) is 0.429. The quantitative estimate of drug-likeness (QED) is 0.546. The van der Waals surface area contributed by atoms with Crippen molar-refractivity contribution in [1.29, 1.82) is 5.26 Å². The van der Waals surface area contributed by atoms with E-state index in [4.69, 9.17) is 13.9 Å². The zero-order valence-corrected chi connectivity index (χ0v) is 22.0. The van der Waals surface area contributed by atoms with Gasteiger partial charge in [0.1, 0.15) is 17.7 Å². The van der Waals surface area contributed by atoms with Gasteiger partial charge in [0.05, 0.1) is 18.2 Å². The maximum Gasteiger partial charge on any atom is 0.419 e. The van der Waals surface area contributed by atoms with Crippen LogP contribution in [0.5, 0.6) is 0 Å². The van der Waals surface area contributed by atoms with E-state index in [0.717, 1.165) is 16.7 Å². The topological polar surface area (TPSA) is 127 Å². The molecule has 4 rings (SSSR count). The summed E-state index contributed by atoms with van der Waals surface area (Å²) in [6.45, 7) is 6.26. The number of carbonyl (C=O) groups is 2. The Balaban J connectivity index is 1.34. The van der Waals surface area contributed by atoms with Crippen molar-refractivity contribution in [2.75, 3.05) is 19.7 Å². The van der Waals surface area contributed by atoms with E-state index in [9.17, 15) is 19.6 Å². The molecule has 0 bridgehead atoms. The zero-order valence-electron chi connectivity index (χ0n) is 22.0. The molecule has 2 amide bonds. The Kier molecular flexibility index (Phi) is 7.88. The molecule has 1 aliphatic heterocycles. The SMILES string of the molecule is Cn1c(=O)oc2ccc(-c3ccc(CC(C#N)NC(=O)C4CCN(C(=O)OC(C)(C)C)CCO4)cc3)cc21. The van der Waals surface area contributed by atoms with E-state index in [1.54, 1.807) is 33.9 Å². The van der Waals surface area contributed by atoms with Crippen molar-refractivity contribution in [1.82, 2.24) is 14.8 Å². The first-order valence-corrected chi connectivity index (χ1v) is 12.5. The predicted octanol–water partition coefficient (Wildman–Crippen LogP) is 3.38. The molecule has 2 atom stereocenters. The third-order valence-corrected chi connectivity index (χ3v) is 6.28. The average molecular weight is 521 g/mol. The highest BCUT2D eigenvalue weighted by atomic mass is 16.6. The van der Waals surface area contributed by atoms with Crippen molar-refractivity contribution >= 4 is 23.1 Å². The van der Waals surface area contributed by atoms with Crippen molar-refractivity contribution in [3.8, 4) is 17.2 Å². The van der Waals surface area contributed by atoms with Crippen LogP contribution in [0.1, 0.15) is 32.8 Å². The molecule has 10 nitrogen and oxygen atoms in total. The normalized spacial score (nSPS) is 16.9. The number of aromatic nitrogens is 1. The summed E-state index contributed by atoms with van der Waals surface area (Å²) in [6.07, 6.45) is -0.553. The van der Waals surface area contributed by atoms with Gasteiger partial charge in [-0.2, -0.15) is 5.26 Å². The molecule has 0 spiro atoms. The molecule has 1 aromatic heterocycles.